The van der Waals surface area contributed by atoms with Gasteiger partial charge in [0.05, 0.1) is 4.83 Å². The molecule has 0 fully saturated rings. The number of carbonyl (C=O) groups excluding carboxylic acids is 1. The summed E-state index contributed by atoms with van der Waals surface area (Å²) >= 11 is 6.74. The number of ketones is 1. The van der Waals surface area contributed by atoms with E-state index in [2.05, 4.69) is 38.8 Å². The van der Waals surface area contributed by atoms with Crippen molar-refractivity contribution < 1.29 is 4.79 Å². The summed E-state index contributed by atoms with van der Waals surface area (Å²) in [7, 11) is 0. The summed E-state index contributed by atoms with van der Waals surface area (Å²) in [5, 5.41) is 0. The van der Waals surface area contributed by atoms with Crippen molar-refractivity contribution >= 4 is 37.6 Å². The predicted octanol–water partition coefficient (Wildman–Crippen LogP) is 4.20. The largest absolute Gasteiger partial charge is 0.293 e. The van der Waals surface area contributed by atoms with Gasteiger partial charge in [0.2, 0.25) is 0 Å². The summed E-state index contributed by atoms with van der Waals surface area (Å²) in [5.74, 6) is 0.166. The first-order valence-electron chi connectivity index (χ1n) is 4.59. The first kappa shape index (κ1) is 11.9. The van der Waals surface area contributed by atoms with Crippen molar-refractivity contribution in [2.24, 2.45) is 0 Å². The van der Waals surface area contributed by atoms with E-state index in [4.69, 9.17) is 0 Å². The molecular formula is C11H12Br2O. The minimum absolute atomic E-state index is 0.0475. The molecule has 1 aromatic carbocycles. The molecule has 1 nitrogen and oxygen atoms in total. The topological polar surface area (TPSA) is 17.1 Å². The van der Waals surface area contributed by atoms with Crippen LogP contribution in [0.2, 0.25) is 0 Å². The number of Topliss-reactive ketones (excluding diaryl/α,β-unsaturated/α-hetero) is 1. The monoisotopic (exact) mass is 318 g/mol. The van der Waals surface area contributed by atoms with Gasteiger partial charge in [-0.3, -0.25) is 4.79 Å². The van der Waals surface area contributed by atoms with Gasteiger partial charge in [0.1, 0.15) is 0 Å². The van der Waals surface area contributed by atoms with Crippen LogP contribution in [0.25, 0.3) is 0 Å². The van der Waals surface area contributed by atoms with Gasteiger partial charge in [-0.1, -0.05) is 57.3 Å². The normalized spacial score (nSPS) is 12.5. The van der Waals surface area contributed by atoms with E-state index in [-0.39, 0.29) is 10.6 Å². The van der Waals surface area contributed by atoms with Crippen molar-refractivity contribution in [1.29, 1.82) is 0 Å². The zero-order valence-corrected chi connectivity index (χ0v) is 11.1. The molecule has 0 aliphatic rings. The Bertz CT molecular complexity index is 306. The summed E-state index contributed by atoms with van der Waals surface area (Å²) in [5.41, 5.74) is 0.767. The van der Waals surface area contributed by atoms with Crippen LogP contribution in [0.1, 0.15) is 30.1 Å². The van der Waals surface area contributed by atoms with Crippen molar-refractivity contribution in [3.8, 4) is 0 Å². The Morgan fingerprint density at radius 3 is 2.43 bits per heavy atom. The highest BCUT2D eigenvalue weighted by molar-refractivity contribution is 9.10. The average molecular weight is 320 g/mol. The first-order chi connectivity index (χ1) is 6.65. The van der Waals surface area contributed by atoms with Crippen molar-refractivity contribution in [2.75, 3.05) is 0 Å². The molecule has 0 amide bonds. The van der Waals surface area contributed by atoms with E-state index in [1.54, 1.807) is 0 Å². The van der Waals surface area contributed by atoms with E-state index in [0.717, 1.165) is 22.9 Å². The number of rotatable bonds is 4. The highest BCUT2D eigenvalue weighted by Gasteiger charge is 2.15. The Balaban J connectivity index is 2.74. The molecule has 0 spiro atoms. The van der Waals surface area contributed by atoms with Gasteiger partial charge in [-0.2, -0.15) is 0 Å². The van der Waals surface area contributed by atoms with Crippen LogP contribution >= 0.6 is 31.9 Å². The minimum Gasteiger partial charge on any atom is -0.293 e. The molecule has 1 aromatic rings. The van der Waals surface area contributed by atoms with Crippen LogP contribution in [0.15, 0.2) is 28.7 Å². The lowest BCUT2D eigenvalue weighted by Crippen LogP contribution is -2.13. The Labute approximate surface area is 101 Å². The summed E-state index contributed by atoms with van der Waals surface area (Å²) in [6.45, 7) is 2.07. The molecule has 3 heteroatoms. The van der Waals surface area contributed by atoms with Crippen LogP contribution in [0.3, 0.4) is 0 Å². The second-order valence-corrected chi connectivity index (χ2v) is 5.15. The third kappa shape index (κ3) is 3.21. The molecule has 1 atom stereocenters. The Kier molecular flexibility index (Phi) is 4.82. The lowest BCUT2D eigenvalue weighted by Gasteiger charge is -2.06. The molecule has 1 unspecified atom stereocenters. The molecule has 76 valence electrons. The molecule has 0 radical (unpaired) electrons. The lowest BCUT2D eigenvalue weighted by atomic mass is 10.1. The van der Waals surface area contributed by atoms with Gasteiger partial charge in [0.15, 0.2) is 5.78 Å². The van der Waals surface area contributed by atoms with Gasteiger partial charge in [0, 0.05) is 10.0 Å². The molecule has 14 heavy (non-hydrogen) atoms. The van der Waals surface area contributed by atoms with Crippen molar-refractivity contribution in [3.63, 3.8) is 0 Å². The zero-order valence-electron chi connectivity index (χ0n) is 7.97. The number of halogens is 2. The maximum absolute atomic E-state index is 11.8. The van der Waals surface area contributed by atoms with E-state index in [9.17, 15) is 4.79 Å². The number of benzene rings is 1. The fourth-order valence-corrected chi connectivity index (χ4v) is 2.17. The Morgan fingerprint density at radius 1 is 1.36 bits per heavy atom. The van der Waals surface area contributed by atoms with Crippen LogP contribution in [0.4, 0.5) is 0 Å². The molecule has 0 heterocycles. The number of hydrogen-bond acceptors (Lipinski definition) is 1. The fourth-order valence-electron chi connectivity index (χ4n) is 1.18. The standard InChI is InChI=1S/C11H12Br2O/c1-2-3-10(13)11(14)8-4-6-9(12)7-5-8/h4-7,10H,2-3H2,1H3. The maximum Gasteiger partial charge on any atom is 0.176 e. The highest BCUT2D eigenvalue weighted by atomic mass is 79.9. The summed E-state index contributed by atoms with van der Waals surface area (Å²) in [6, 6.07) is 7.46. The number of carbonyl (C=O) groups is 1. The van der Waals surface area contributed by atoms with Crippen molar-refractivity contribution in [2.45, 2.75) is 24.6 Å². The maximum atomic E-state index is 11.8. The highest BCUT2D eigenvalue weighted by Crippen LogP contribution is 2.17. The van der Waals surface area contributed by atoms with Gasteiger partial charge in [-0.15, -0.1) is 0 Å². The van der Waals surface area contributed by atoms with Gasteiger partial charge in [-0.25, -0.2) is 0 Å². The number of alkyl halides is 1. The number of hydrogen-bond donors (Lipinski definition) is 0. The second-order valence-electron chi connectivity index (χ2n) is 3.13. The molecule has 0 aliphatic heterocycles. The SMILES string of the molecule is CCCC(Br)C(=O)c1ccc(Br)cc1. The fraction of sp³-hybridized carbons (Fsp3) is 0.364. The van der Waals surface area contributed by atoms with Crippen molar-refractivity contribution in [1.82, 2.24) is 0 Å². The van der Waals surface area contributed by atoms with Crippen LogP contribution in [0, 0.1) is 0 Å². The van der Waals surface area contributed by atoms with Crippen LogP contribution in [-0.2, 0) is 0 Å². The third-order valence-electron chi connectivity index (χ3n) is 1.96. The lowest BCUT2D eigenvalue weighted by molar-refractivity contribution is 0.0988. The summed E-state index contributed by atoms with van der Waals surface area (Å²) in [6.07, 6.45) is 1.90. The quantitative estimate of drug-likeness (QED) is 0.600. The molecular weight excluding hydrogens is 308 g/mol. The van der Waals surface area contributed by atoms with E-state index in [1.807, 2.05) is 24.3 Å². The van der Waals surface area contributed by atoms with E-state index in [0.29, 0.717) is 0 Å². The molecule has 0 bridgehead atoms. The smallest absolute Gasteiger partial charge is 0.176 e. The van der Waals surface area contributed by atoms with Crippen LogP contribution < -0.4 is 0 Å². The van der Waals surface area contributed by atoms with Crippen LogP contribution in [-0.4, -0.2) is 10.6 Å². The average Bonchev–Trinajstić information content (AvgIpc) is 2.18. The second kappa shape index (κ2) is 5.66. The molecule has 0 saturated heterocycles. The molecule has 0 saturated carbocycles. The van der Waals surface area contributed by atoms with E-state index < -0.39 is 0 Å². The van der Waals surface area contributed by atoms with E-state index >= 15 is 0 Å². The zero-order chi connectivity index (χ0) is 10.6. The van der Waals surface area contributed by atoms with Gasteiger partial charge < -0.3 is 0 Å². The van der Waals surface area contributed by atoms with Gasteiger partial charge in [-0.05, 0) is 18.6 Å². The van der Waals surface area contributed by atoms with Crippen molar-refractivity contribution in [3.05, 3.63) is 34.3 Å². The molecule has 1 rings (SSSR count). The molecule has 0 N–H and O–H groups in total. The van der Waals surface area contributed by atoms with Crippen LogP contribution in [0.5, 0.6) is 0 Å². The first-order valence-corrected chi connectivity index (χ1v) is 6.30. The summed E-state index contributed by atoms with van der Waals surface area (Å²) < 4.78 is 0.996. The predicted molar refractivity (Wildman–Crippen MR) is 66.1 cm³/mol. The van der Waals surface area contributed by atoms with E-state index in [1.165, 1.54) is 0 Å². The van der Waals surface area contributed by atoms with Gasteiger partial charge >= 0.3 is 0 Å². The Hall–Kier alpha value is -0.150. The minimum atomic E-state index is -0.0475. The third-order valence-corrected chi connectivity index (χ3v) is 3.36. The molecule has 0 aromatic heterocycles. The Morgan fingerprint density at radius 2 is 1.93 bits per heavy atom. The van der Waals surface area contributed by atoms with Gasteiger partial charge in [0.25, 0.3) is 0 Å². The molecule has 0 aliphatic carbocycles. The summed E-state index contributed by atoms with van der Waals surface area (Å²) in [4.78, 5) is 11.7.